The van der Waals surface area contributed by atoms with Crippen molar-refractivity contribution in [2.45, 2.75) is 56.2 Å². The summed E-state index contributed by atoms with van der Waals surface area (Å²) in [6.07, 6.45) is -1.77. The first-order valence-corrected chi connectivity index (χ1v) is 11.8. The van der Waals surface area contributed by atoms with Gasteiger partial charge in [0.15, 0.2) is 15.7 Å². The Morgan fingerprint density at radius 3 is 2.52 bits per heavy atom. The number of phenolic OH excluding ortho intramolecular Hbond substituents is 1. The number of halogens is 3. The number of aliphatic hydroxyl groups excluding tert-OH is 1. The maximum Gasteiger partial charge on any atom is 0.416 e. The lowest BCUT2D eigenvalue weighted by molar-refractivity contribution is -0.137. The maximum atomic E-state index is 12.9. The van der Waals surface area contributed by atoms with Crippen LogP contribution in [0, 0.1) is 0 Å². The van der Waals surface area contributed by atoms with Crippen molar-refractivity contribution >= 4 is 15.7 Å². The minimum Gasteiger partial charge on any atom is -0.507 e. The number of aliphatic hydroxyl groups is 1. The van der Waals surface area contributed by atoms with Gasteiger partial charge in [-0.3, -0.25) is 0 Å². The number of aromatic hydroxyl groups is 1. The molecule has 31 heavy (non-hydrogen) atoms. The molecule has 0 bridgehead atoms. The lowest BCUT2D eigenvalue weighted by Crippen LogP contribution is -2.37. The summed E-state index contributed by atoms with van der Waals surface area (Å²) in [6, 6.07) is 2.23. The van der Waals surface area contributed by atoms with Crippen LogP contribution in [0.2, 0.25) is 0 Å². The summed E-state index contributed by atoms with van der Waals surface area (Å²) in [7, 11) is -3.44. The molecule has 2 heterocycles. The highest BCUT2D eigenvalue weighted by molar-refractivity contribution is 7.90. The van der Waals surface area contributed by atoms with Crippen LogP contribution in [0.5, 0.6) is 5.75 Å². The number of fused-ring (bicyclic) bond motifs is 1. The van der Waals surface area contributed by atoms with Crippen LogP contribution in [0.4, 0.5) is 19.0 Å². The Hall–Kier alpha value is -2.40. The average molecular weight is 457 g/mol. The van der Waals surface area contributed by atoms with Gasteiger partial charge < -0.3 is 15.5 Å². The van der Waals surface area contributed by atoms with E-state index in [1.54, 1.807) is 0 Å². The van der Waals surface area contributed by atoms with Gasteiger partial charge in [0.05, 0.1) is 29.2 Å². The minimum atomic E-state index is -4.63. The van der Waals surface area contributed by atoms with E-state index in [2.05, 4.69) is 15.5 Å². The molecule has 7 nitrogen and oxygen atoms in total. The van der Waals surface area contributed by atoms with Gasteiger partial charge in [-0.2, -0.15) is 13.2 Å². The molecule has 0 amide bonds. The first-order chi connectivity index (χ1) is 14.5. The normalized spacial score (nSPS) is 23.2. The Kier molecular flexibility index (Phi) is 5.59. The number of hydrogen-bond acceptors (Lipinski definition) is 7. The van der Waals surface area contributed by atoms with Gasteiger partial charge in [0.25, 0.3) is 0 Å². The van der Waals surface area contributed by atoms with E-state index < -0.39 is 33.4 Å². The van der Waals surface area contributed by atoms with Crippen LogP contribution in [0.25, 0.3) is 11.3 Å². The van der Waals surface area contributed by atoms with Gasteiger partial charge in [-0.05, 0) is 37.5 Å². The van der Waals surface area contributed by atoms with E-state index in [4.69, 9.17) is 0 Å². The average Bonchev–Trinajstić information content (AvgIpc) is 2.68. The Balaban J connectivity index is 1.78. The van der Waals surface area contributed by atoms with E-state index in [1.165, 1.54) is 0 Å². The third-order valence-electron chi connectivity index (χ3n) is 5.85. The predicted octanol–water partition coefficient (Wildman–Crippen LogP) is 3.05. The van der Waals surface area contributed by atoms with Gasteiger partial charge in [0.2, 0.25) is 0 Å². The topological polar surface area (TPSA) is 112 Å². The summed E-state index contributed by atoms with van der Waals surface area (Å²) in [5.74, 6) is -0.731. The van der Waals surface area contributed by atoms with E-state index in [-0.39, 0.29) is 35.2 Å². The van der Waals surface area contributed by atoms with Crippen molar-refractivity contribution in [3.8, 4) is 17.0 Å². The number of alkyl halides is 3. The SMILES string of the molecule is O=S1(=O)CCc2c(N[C@@H]3CCCC[C@H]3O)nnc(-c3ccc(C(F)(F)F)cc3O)c2C1. The van der Waals surface area contributed by atoms with Crippen LogP contribution in [-0.2, 0) is 28.2 Å². The van der Waals surface area contributed by atoms with E-state index >= 15 is 0 Å². The molecule has 1 aromatic carbocycles. The lowest BCUT2D eigenvalue weighted by Gasteiger charge is -2.30. The molecule has 1 aromatic heterocycles. The molecule has 4 rings (SSSR count). The number of phenols is 1. The standard InChI is InChI=1S/C20H22F3N3O4S/c21-20(22,23)11-5-6-13(17(28)9-11)18-14-10-31(29,30)8-7-12(14)19(26-25-18)24-15-3-1-2-4-16(15)27/h5-6,9,15-16,27-28H,1-4,7-8,10H2,(H,24,26)/t15-,16-/m1/s1. The molecular weight excluding hydrogens is 435 g/mol. The zero-order valence-corrected chi connectivity index (χ0v) is 17.3. The highest BCUT2D eigenvalue weighted by Gasteiger charge is 2.33. The van der Waals surface area contributed by atoms with Gasteiger partial charge >= 0.3 is 6.18 Å². The number of nitrogens with one attached hydrogen (secondary N) is 1. The molecule has 1 aliphatic carbocycles. The van der Waals surface area contributed by atoms with Crippen LogP contribution in [-0.4, -0.2) is 46.7 Å². The summed E-state index contributed by atoms with van der Waals surface area (Å²) in [4.78, 5) is 0. The third-order valence-corrected chi connectivity index (χ3v) is 7.40. The summed E-state index contributed by atoms with van der Waals surface area (Å²) < 4.78 is 63.4. The van der Waals surface area contributed by atoms with Crippen LogP contribution in [0.1, 0.15) is 42.4 Å². The van der Waals surface area contributed by atoms with E-state index in [9.17, 15) is 31.8 Å². The minimum absolute atomic E-state index is 0.0156. The molecule has 2 aliphatic rings. The van der Waals surface area contributed by atoms with E-state index in [0.717, 1.165) is 31.4 Å². The molecule has 0 unspecified atom stereocenters. The van der Waals surface area contributed by atoms with Crippen molar-refractivity contribution in [3.05, 3.63) is 34.9 Å². The number of anilines is 1. The first kappa shape index (κ1) is 21.8. The van der Waals surface area contributed by atoms with Crippen LogP contribution in [0.3, 0.4) is 0 Å². The zero-order chi connectivity index (χ0) is 22.4. The Bertz CT molecular complexity index is 1110. The second-order valence-electron chi connectivity index (χ2n) is 8.03. The first-order valence-electron chi connectivity index (χ1n) is 9.99. The van der Waals surface area contributed by atoms with Crippen LogP contribution >= 0.6 is 0 Å². The fourth-order valence-electron chi connectivity index (χ4n) is 4.18. The van der Waals surface area contributed by atoms with Gasteiger partial charge in [0.1, 0.15) is 11.4 Å². The number of benzene rings is 1. The molecule has 168 valence electrons. The molecule has 1 fully saturated rings. The van der Waals surface area contributed by atoms with Crippen molar-refractivity contribution in [1.29, 1.82) is 0 Å². The van der Waals surface area contributed by atoms with Gasteiger partial charge in [-0.15, -0.1) is 10.2 Å². The smallest absolute Gasteiger partial charge is 0.416 e. The molecule has 3 N–H and O–H groups in total. The molecule has 2 atom stereocenters. The summed E-state index contributed by atoms with van der Waals surface area (Å²) in [5, 5.41) is 31.9. The summed E-state index contributed by atoms with van der Waals surface area (Å²) in [6.45, 7) is 0. The van der Waals surface area contributed by atoms with Gasteiger partial charge in [-0.25, -0.2) is 8.42 Å². The molecule has 0 radical (unpaired) electrons. The predicted molar refractivity (Wildman–Crippen MR) is 107 cm³/mol. The molecule has 0 saturated heterocycles. The molecule has 2 aromatic rings. The largest absolute Gasteiger partial charge is 0.507 e. The number of sulfone groups is 1. The molecular formula is C20H22F3N3O4S. The van der Waals surface area contributed by atoms with Crippen molar-refractivity contribution in [2.24, 2.45) is 0 Å². The van der Waals surface area contributed by atoms with Crippen LogP contribution in [0.15, 0.2) is 18.2 Å². The second-order valence-corrected chi connectivity index (χ2v) is 10.2. The molecule has 1 aliphatic heterocycles. The van der Waals surface area contributed by atoms with E-state index in [1.807, 2.05) is 0 Å². The second kappa shape index (κ2) is 7.94. The quantitative estimate of drug-likeness (QED) is 0.649. The summed E-state index contributed by atoms with van der Waals surface area (Å²) >= 11 is 0. The Morgan fingerprint density at radius 2 is 1.84 bits per heavy atom. The van der Waals surface area contributed by atoms with Crippen molar-refractivity contribution in [1.82, 2.24) is 10.2 Å². The molecule has 11 heteroatoms. The van der Waals surface area contributed by atoms with Gasteiger partial charge in [0, 0.05) is 16.7 Å². The van der Waals surface area contributed by atoms with Crippen molar-refractivity contribution < 1.29 is 31.8 Å². The zero-order valence-electron chi connectivity index (χ0n) is 16.5. The third kappa shape index (κ3) is 4.47. The Morgan fingerprint density at radius 1 is 1.10 bits per heavy atom. The Labute approximate surface area is 177 Å². The number of rotatable bonds is 3. The monoisotopic (exact) mass is 457 g/mol. The fourth-order valence-corrected chi connectivity index (χ4v) is 5.59. The number of hydrogen-bond donors (Lipinski definition) is 3. The number of nitrogens with zero attached hydrogens (tertiary/aromatic N) is 2. The summed E-state index contributed by atoms with van der Waals surface area (Å²) in [5.41, 5.74) is -0.0916. The number of aromatic nitrogens is 2. The molecule has 0 spiro atoms. The van der Waals surface area contributed by atoms with Crippen LogP contribution < -0.4 is 5.32 Å². The van der Waals surface area contributed by atoms with Crippen molar-refractivity contribution in [2.75, 3.05) is 11.1 Å². The van der Waals surface area contributed by atoms with Gasteiger partial charge in [-0.1, -0.05) is 12.8 Å². The lowest BCUT2D eigenvalue weighted by atomic mass is 9.92. The van der Waals surface area contributed by atoms with E-state index in [0.29, 0.717) is 29.4 Å². The fraction of sp³-hybridized carbons (Fsp3) is 0.500. The molecule has 1 saturated carbocycles. The van der Waals surface area contributed by atoms with Crippen molar-refractivity contribution in [3.63, 3.8) is 0 Å². The highest BCUT2D eigenvalue weighted by Crippen LogP contribution is 2.40. The highest BCUT2D eigenvalue weighted by atomic mass is 32.2. The maximum absolute atomic E-state index is 12.9.